The van der Waals surface area contributed by atoms with E-state index in [1.807, 2.05) is 6.92 Å². The summed E-state index contributed by atoms with van der Waals surface area (Å²) in [7, 11) is 2.09. The maximum atomic E-state index is 13.6. The normalized spacial score (nSPS) is 22.1. The number of amides is 2. The first kappa shape index (κ1) is 26.1. The van der Waals surface area contributed by atoms with Gasteiger partial charge in [-0.3, -0.25) is 9.59 Å². The number of likely N-dealkylation sites (tertiary alicyclic amines) is 1. The molecule has 2 saturated heterocycles. The number of aryl methyl sites for hydroxylation is 1. The van der Waals surface area contributed by atoms with E-state index in [4.69, 9.17) is 9.47 Å². The second kappa shape index (κ2) is 11.1. The predicted molar refractivity (Wildman–Crippen MR) is 142 cm³/mol. The summed E-state index contributed by atoms with van der Waals surface area (Å²) in [6, 6.07) is 2.94. The number of hydrogen-bond donors (Lipinski definition) is 1. The molecule has 2 amide bonds. The van der Waals surface area contributed by atoms with Gasteiger partial charge >= 0.3 is 0 Å². The van der Waals surface area contributed by atoms with E-state index in [-0.39, 0.29) is 31.3 Å². The van der Waals surface area contributed by atoms with E-state index in [9.17, 15) is 9.59 Å². The van der Waals surface area contributed by atoms with Crippen molar-refractivity contribution in [2.75, 3.05) is 57.8 Å². The molecule has 0 aliphatic carbocycles. The second-order valence-corrected chi connectivity index (χ2v) is 10.3. The van der Waals surface area contributed by atoms with Gasteiger partial charge in [0.15, 0.2) is 11.4 Å². The number of fused-ring (bicyclic) bond motifs is 4. The van der Waals surface area contributed by atoms with Crippen molar-refractivity contribution in [2.24, 2.45) is 0 Å². The Bertz CT molecular complexity index is 1390. The van der Waals surface area contributed by atoms with Gasteiger partial charge in [0.2, 0.25) is 5.95 Å². The van der Waals surface area contributed by atoms with Crippen LogP contribution in [0, 0.1) is 6.92 Å². The number of nitrogens with one attached hydrogen (secondary N) is 1. The second-order valence-electron chi connectivity index (χ2n) is 10.3. The molecule has 3 aromatic heterocycles. The van der Waals surface area contributed by atoms with Gasteiger partial charge in [0.05, 0.1) is 42.8 Å². The van der Waals surface area contributed by atoms with Gasteiger partial charge in [-0.1, -0.05) is 5.21 Å². The van der Waals surface area contributed by atoms with Crippen LogP contribution < -0.4 is 15.0 Å². The average molecular weight is 549 g/mol. The van der Waals surface area contributed by atoms with Gasteiger partial charge in [-0.05, 0) is 26.1 Å². The van der Waals surface area contributed by atoms with E-state index in [0.29, 0.717) is 41.8 Å². The van der Waals surface area contributed by atoms with Gasteiger partial charge in [0.25, 0.3) is 11.8 Å². The Labute approximate surface area is 231 Å². The summed E-state index contributed by atoms with van der Waals surface area (Å²) in [6.45, 7) is 6.85. The molecule has 0 radical (unpaired) electrons. The molecule has 0 saturated carbocycles. The Balaban J connectivity index is 1.22. The van der Waals surface area contributed by atoms with Crippen LogP contribution in [0.5, 0.6) is 5.75 Å². The molecule has 2 fully saturated rings. The number of piperazine rings is 1. The number of nitrogens with zero attached hydrogens (tertiary/aromatic N) is 9. The highest BCUT2D eigenvalue weighted by Crippen LogP contribution is 2.22. The van der Waals surface area contributed by atoms with Crippen LogP contribution in [-0.2, 0) is 17.9 Å². The number of rotatable bonds is 2. The summed E-state index contributed by atoms with van der Waals surface area (Å²) in [4.78, 5) is 46.4. The first-order chi connectivity index (χ1) is 19.4. The van der Waals surface area contributed by atoms with Gasteiger partial charge in [0.1, 0.15) is 12.3 Å². The number of aromatic nitrogens is 6. The van der Waals surface area contributed by atoms with Crippen LogP contribution in [0.1, 0.15) is 32.2 Å². The van der Waals surface area contributed by atoms with E-state index in [0.717, 1.165) is 26.2 Å². The highest BCUT2D eigenvalue weighted by atomic mass is 16.5. The lowest BCUT2D eigenvalue weighted by Gasteiger charge is -2.32. The molecule has 2 atom stereocenters. The Kier molecular flexibility index (Phi) is 7.26. The third kappa shape index (κ3) is 5.45. The summed E-state index contributed by atoms with van der Waals surface area (Å²) < 4.78 is 13.7. The van der Waals surface area contributed by atoms with Crippen LogP contribution in [0.15, 0.2) is 30.7 Å². The molecule has 0 spiro atoms. The van der Waals surface area contributed by atoms with Gasteiger partial charge in [-0.15, -0.1) is 5.10 Å². The Morgan fingerprint density at radius 1 is 1.12 bits per heavy atom. The maximum Gasteiger partial charge on any atom is 0.274 e. The van der Waals surface area contributed by atoms with Crippen LogP contribution in [0.2, 0.25) is 0 Å². The van der Waals surface area contributed by atoms with Crippen molar-refractivity contribution in [1.29, 1.82) is 0 Å². The van der Waals surface area contributed by atoms with Crippen LogP contribution in [-0.4, -0.2) is 117 Å². The molecular weight excluding hydrogens is 516 g/mol. The fraction of sp³-hybridized carbons (Fsp3) is 0.500. The van der Waals surface area contributed by atoms with Crippen molar-refractivity contribution in [3.63, 3.8) is 0 Å². The summed E-state index contributed by atoms with van der Waals surface area (Å²) in [6.07, 6.45) is 4.47. The third-order valence-corrected chi connectivity index (χ3v) is 7.45. The molecule has 3 aromatic rings. The topological polar surface area (TPSA) is 144 Å². The summed E-state index contributed by atoms with van der Waals surface area (Å²) in [5, 5.41) is 11.3. The van der Waals surface area contributed by atoms with E-state index < -0.39 is 18.1 Å². The van der Waals surface area contributed by atoms with E-state index in [1.165, 1.54) is 0 Å². The standard InChI is InChI=1S/C26H32N10O4/c1-17-19(12-28-26(29-17)34-8-6-33(2)7-9-34)25(38)35-14-20-22(15-35)40-16-18-13-36(32-31-18)10-11-39-21-4-3-5-27-23(21)24(37)30-20/h3-5,12-13,20,22H,6-11,14-16H2,1-2H3,(H,30,37)/t20-,22-/m0/s1. The van der Waals surface area contributed by atoms with Crippen LogP contribution in [0.4, 0.5) is 5.95 Å². The average Bonchev–Trinajstić information content (AvgIpc) is 3.58. The fourth-order valence-electron chi connectivity index (χ4n) is 5.11. The van der Waals surface area contributed by atoms with Crippen molar-refractivity contribution >= 4 is 17.8 Å². The van der Waals surface area contributed by atoms with Crippen LogP contribution in [0.3, 0.4) is 0 Å². The van der Waals surface area contributed by atoms with Crippen molar-refractivity contribution in [3.8, 4) is 5.75 Å². The largest absolute Gasteiger partial charge is 0.489 e. The molecule has 3 aliphatic heterocycles. The van der Waals surface area contributed by atoms with E-state index in [1.54, 1.807) is 40.3 Å². The van der Waals surface area contributed by atoms with Crippen molar-refractivity contribution in [3.05, 3.63) is 53.4 Å². The number of anilines is 1. The number of carbonyl (C=O) groups excluding carboxylic acids is 2. The van der Waals surface area contributed by atoms with Gasteiger partial charge in [-0.25, -0.2) is 19.6 Å². The Morgan fingerprint density at radius 2 is 1.98 bits per heavy atom. The molecule has 2 bridgehead atoms. The Morgan fingerprint density at radius 3 is 2.80 bits per heavy atom. The molecular formula is C26H32N10O4. The molecule has 14 nitrogen and oxygen atoms in total. The van der Waals surface area contributed by atoms with Gasteiger partial charge < -0.3 is 29.5 Å². The summed E-state index contributed by atoms with van der Waals surface area (Å²) >= 11 is 0. The minimum atomic E-state index is -0.477. The van der Waals surface area contributed by atoms with Crippen LogP contribution >= 0.6 is 0 Å². The molecule has 6 rings (SSSR count). The zero-order valence-corrected chi connectivity index (χ0v) is 22.6. The fourth-order valence-corrected chi connectivity index (χ4v) is 5.11. The Hall–Kier alpha value is -4.17. The minimum Gasteiger partial charge on any atom is -0.489 e. The number of ether oxygens (including phenoxy) is 2. The van der Waals surface area contributed by atoms with E-state index in [2.05, 4.69) is 47.4 Å². The minimum absolute atomic E-state index is 0.172. The lowest BCUT2D eigenvalue weighted by Crippen LogP contribution is -2.45. The number of likely N-dealkylation sites (N-methyl/N-ethyl adjacent to an activating group) is 1. The molecule has 40 heavy (non-hydrogen) atoms. The maximum absolute atomic E-state index is 13.6. The summed E-state index contributed by atoms with van der Waals surface area (Å²) in [5.74, 6) is 0.398. The lowest BCUT2D eigenvalue weighted by molar-refractivity contribution is 0.0289. The monoisotopic (exact) mass is 548 g/mol. The van der Waals surface area contributed by atoms with Crippen molar-refractivity contribution < 1.29 is 19.1 Å². The lowest BCUT2D eigenvalue weighted by atomic mass is 10.2. The first-order valence-electron chi connectivity index (χ1n) is 13.4. The van der Waals surface area contributed by atoms with E-state index >= 15 is 0 Å². The highest BCUT2D eigenvalue weighted by Gasteiger charge is 2.39. The molecule has 14 heteroatoms. The number of carbonyl (C=O) groups is 2. The molecule has 3 aliphatic rings. The SMILES string of the molecule is Cc1nc(N2CCN(C)CC2)ncc1C(=O)N1C[C@@H]2NC(=O)c3ncccc3OCCn3cc(nn3)CO[C@H]2C1. The number of hydrogen-bond acceptors (Lipinski definition) is 11. The molecule has 1 N–H and O–H groups in total. The molecule has 210 valence electrons. The van der Waals surface area contributed by atoms with Crippen LogP contribution in [0.25, 0.3) is 0 Å². The number of pyridine rings is 1. The van der Waals surface area contributed by atoms with Crippen molar-refractivity contribution in [1.82, 2.24) is 45.1 Å². The summed E-state index contributed by atoms with van der Waals surface area (Å²) in [5.41, 5.74) is 1.87. The molecule has 0 aromatic carbocycles. The predicted octanol–water partition coefficient (Wildman–Crippen LogP) is -0.244. The first-order valence-corrected chi connectivity index (χ1v) is 13.4. The molecule has 0 unspecified atom stereocenters. The molecule has 6 heterocycles. The van der Waals surface area contributed by atoms with Crippen molar-refractivity contribution in [2.45, 2.75) is 32.2 Å². The zero-order chi connectivity index (χ0) is 27.6. The quantitative estimate of drug-likeness (QED) is 0.453. The highest BCUT2D eigenvalue weighted by molar-refractivity contribution is 5.96. The smallest absolute Gasteiger partial charge is 0.274 e. The third-order valence-electron chi connectivity index (χ3n) is 7.45. The zero-order valence-electron chi connectivity index (χ0n) is 22.6. The van der Waals surface area contributed by atoms with Gasteiger partial charge in [0, 0.05) is 51.7 Å². The van der Waals surface area contributed by atoms with Gasteiger partial charge in [-0.2, -0.15) is 0 Å².